The largest absolute Gasteiger partial charge is 0.456 e. The molecule has 0 spiro atoms. The van der Waals surface area contributed by atoms with Crippen LogP contribution in [0.5, 0.6) is 0 Å². The second-order valence-electron chi connectivity index (χ2n) is 6.60. The number of ether oxygens (including phenoxy) is 4. The van der Waals surface area contributed by atoms with Crippen LogP contribution in [0.4, 0.5) is 0 Å². The summed E-state index contributed by atoms with van der Waals surface area (Å²) in [6.45, 7) is 6.94. The molecule has 0 aromatic heterocycles. The van der Waals surface area contributed by atoms with Gasteiger partial charge < -0.3 is 39.4 Å². The lowest BCUT2D eigenvalue weighted by molar-refractivity contribution is -0.252. The van der Waals surface area contributed by atoms with Crippen molar-refractivity contribution in [1.29, 1.82) is 0 Å². The van der Waals surface area contributed by atoms with Gasteiger partial charge in [0.1, 0.15) is 18.3 Å². The Hall–Kier alpha value is -0.720. The van der Waals surface area contributed by atoms with Crippen molar-refractivity contribution in [3.05, 3.63) is 0 Å². The van der Waals surface area contributed by atoms with E-state index in [1.165, 1.54) is 13.8 Å². The first-order chi connectivity index (χ1) is 13.5. The summed E-state index contributed by atoms with van der Waals surface area (Å²) < 4.78 is 20.0. The predicted octanol–water partition coefficient (Wildman–Crippen LogP) is -0.0511. The Morgan fingerprint density at radius 2 is 1.45 bits per heavy atom. The molecule has 2 aliphatic heterocycles. The summed E-state index contributed by atoms with van der Waals surface area (Å²) in [4.78, 5) is 21.9. The van der Waals surface area contributed by atoms with Crippen LogP contribution in [-0.2, 0) is 28.5 Å². The van der Waals surface area contributed by atoms with Crippen LogP contribution in [0.15, 0.2) is 0 Å². The van der Waals surface area contributed by atoms with E-state index in [4.69, 9.17) is 57.8 Å². The molecular weight excluding hydrogens is 435 g/mol. The molecule has 2 heterocycles. The minimum absolute atomic E-state index is 0.0991. The summed E-state index contributed by atoms with van der Waals surface area (Å²) in [5, 5.41) is 35.4. The number of carbonyl (C=O) groups is 2. The third-order valence-electron chi connectivity index (χ3n) is 4.27. The highest BCUT2D eigenvalue weighted by Crippen LogP contribution is 2.28. The molecule has 0 bridgehead atoms. The summed E-state index contributed by atoms with van der Waals surface area (Å²) in [6, 6.07) is 0. The quantitative estimate of drug-likeness (QED) is 0.323. The topological polar surface area (TPSA) is 152 Å². The summed E-state index contributed by atoms with van der Waals surface area (Å²) >= 11 is 9.53. The molecule has 0 aromatic carbocycles. The first-order valence-electron chi connectivity index (χ1n) is 8.88. The number of aliphatic hydroxyl groups excluding tert-OH is 4. The van der Waals surface area contributed by atoms with Gasteiger partial charge in [0, 0.05) is 19.8 Å². The van der Waals surface area contributed by atoms with Gasteiger partial charge in [0.05, 0.1) is 18.6 Å². The summed E-state index contributed by atoms with van der Waals surface area (Å²) in [6.07, 6.45) is -6.54. The van der Waals surface area contributed by atoms with Gasteiger partial charge in [-0.25, -0.2) is 0 Å². The number of hydrogen-bond acceptors (Lipinski definition) is 10. The molecule has 0 aromatic rings. The maximum Gasteiger partial charge on any atom is 0.305 e. The van der Waals surface area contributed by atoms with E-state index in [-0.39, 0.29) is 23.8 Å². The van der Waals surface area contributed by atoms with E-state index in [0.717, 1.165) is 0 Å². The molecule has 4 N–H and O–H groups in total. The van der Waals surface area contributed by atoms with E-state index in [0.29, 0.717) is 6.61 Å². The lowest BCUT2D eigenvalue weighted by Crippen LogP contribution is -2.52. The average molecular weight is 465 g/mol. The van der Waals surface area contributed by atoms with Gasteiger partial charge in [-0.1, -0.05) is 13.8 Å². The zero-order chi connectivity index (χ0) is 22.7. The SMILES string of the molecule is CC(=O)OC1OCC(C)C(C)C1OC(C)=O.ClCCl.OC1COC(O)C(O)C1O. The summed E-state index contributed by atoms with van der Waals surface area (Å²) in [7, 11) is 0. The van der Waals surface area contributed by atoms with Crippen LogP contribution in [0.1, 0.15) is 27.7 Å². The molecule has 2 fully saturated rings. The lowest BCUT2D eigenvalue weighted by atomic mass is 9.88. The average Bonchev–Trinajstić information content (AvgIpc) is 2.63. The van der Waals surface area contributed by atoms with Crippen molar-refractivity contribution in [2.45, 2.75) is 64.7 Å². The van der Waals surface area contributed by atoms with Crippen molar-refractivity contribution < 1.29 is 49.0 Å². The highest BCUT2D eigenvalue weighted by Gasteiger charge is 2.40. The van der Waals surface area contributed by atoms with Gasteiger partial charge in [-0.05, 0) is 5.92 Å². The van der Waals surface area contributed by atoms with Crippen LogP contribution in [0.3, 0.4) is 0 Å². The molecule has 2 aliphatic rings. The molecular formula is C17H30Cl2O10. The maximum atomic E-state index is 11.0. The van der Waals surface area contributed by atoms with Crippen molar-refractivity contribution in [3.63, 3.8) is 0 Å². The van der Waals surface area contributed by atoms with Crippen molar-refractivity contribution >= 4 is 35.1 Å². The Kier molecular flexibility index (Phi) is 14.0. The number of esters is 2. The van der Waals surface area contributed by atoms with E-state index in [9.17, 15) is 9.59 Å². The fraction of sp³-hybridized carbons (Fsp3) is 0.882. The normalized spacial score (nSPS) is 36.5. The van der Waals surface area contributed by atoms with E-state index in [2.05, 4.69) is 4.74 Å². The predicted molar refractivity (Wildman–Crippen MR) is 102 cm³/mol. The van der Waals surface area contributed by atoms with Crippen molar-refractivity contribution in [1.82, 2.24) is 0 Å². The fourth-order valence-electron chi connectivity index (χ4n) is 2.47. The molecule has 8 unspecified atom stereocenters. The molecule has 172 valence electrons. The number of halogens is 2. The first-order valence-corrected chi connectivity index (χ1v) is 9.94. The molecule has 29 heavy (non-hydrogen) atoms. The fourth-order valence-corrected chi connectivity index (χ4v) is 2.47. The monoisotopic (exact) mass is 464 g/mol. The minimum atomic E-state index is -1.41. The van der Waals surface area contributed by atoms with Crippen molar-refractivity contribution in [2.75, 3.05) is 18.6 Å². The van der Waals surface area contributed by atoms with Crippen LogP contribution < -0.4 is 0 Å². The number of alkyl halides is 2. The Morgan fingerprint density at radius 3 is 1.90 bits per heavy atom. The molecule has 8 atom stereocenters. The molecule has 12 heteroatoms. The van der Waals surface area contributed by atoms with Crippen LogP contribution in [0.2, 0.25) is 0 Å². The highest BCUT2D eigenvalue weighted by atomic mass is 35.5. The number of hydrogen-bond donors (Lipinski definition) is 4. The molecule has 0 saturated carbocycles. The summed E-state index contributed by atoms with van der Waals surface area (Å²) in [5.41, 5.74) is 0. The van der Waals surface area contributed by atoms with Gasteiger partial charge in [0.2, 0.25) is 6.29 Å². The number of carbonyl (C=O) groups excluding carboxylic acids is 2. The zero-order valence-corrected chi connectivity index (χ0v) is 18.2. The standard InChI is InChI=1S/C11H18O5.C5H10O5.CH2Cl2/c1-6-5-14-11(16-9(4)13)10(7(6)2)15-8(3)12;6-2-1-10-5(9)4(8)3(2)7;2-1-3/h6-7,10-11H,5H2,1-4H3;2-9H,1H2;1H2. The highest BCUT2D eigenvalue weighted by molar-refractivity contribution is 6.40. The van der Waals surface area contributed by atoms with Crippen LogP contribution >= 0.6 is 23.2 Å². The van der Waals surface area contributed by atoms with Gasteiger partial charge in [-0.3, -0.25) is 9.59 Å². The van der Waals surface area contributed by atoms with Crippen molar-refractivity contribution in [2.24, 2.45) is 11.8 Å². The van der Waals surface area contributed by atoms with Gasteiger partial charge in [0.15, 0.2) is 12.4 Å². The van der Waals surface area contributed by atoms with Crippen molar-refractivity contribution in [3.8, 4) is 0 Å². The van der Waals surface area contributed by atoms with Gasteiger partial charge in [-0.15, -0.1) is 23.2 Å². The van der Waals surface area contributed by atoms with Gasteiger partial charge in [0.25, 0.3) is 0 Å². The van der Waals surface area contributed by atoms with E-state index in [1.807, 2.05) is 13.8 Å². The Labute approximate surface area is 179 Å². The number of rotatable bonds is 2. The third-order valence-corrected chi connectivity index (χ3v) is 4.27. The summed E-state index contributed by atoms with van der Waals surface area (Å²) in [5.74, 6) is -0.478. The third kappa shape index (κ3) is 10.2. The van der Waals surface area contributed by atoms with E-state index >= 15 is 0 Å². The number of aliphatic hydroxyl groups is 4. The maximum absolute atomic E-state index is 11.0. The van der Waals surface area contributed by atoms with Crippen LogP contribution in [0, 0.1) is 11.8 Å². The molecule has 2 saturated heterocycles. The Bertz CT molecular complexity index is 481. The zero-order valence-electron chi connectivity index (χ0n) is 16.7. The second-order valence-corrected chi connectivity index (χ2v) is 7.40. The molecule has 10 nitrogen and oxygen atoms in total. The van der Waals surface area contributed by atoms with E-state index in [1.54, 1.807) is 0 Å². The lowest BCUT2D eigenvalue weighted by Gasteiger charge is -2.38. The Balaban J connectivity index is 0.000000514. The van der Waals surface area contributed by atoms with Crippen LogP contribution in [-0.4, -0.2) is 87.9 Å². The van der Waals surface area contributed by atoms with Gasteiger partial charge in [-0.2, -0.15) is 0 Å². The smallest absolute Gasteiger partial charge is 0.305 e. The minimum Gasteiger partial charge on any atom is -0.456 e. The van der Waals surface area contributed by atoms with E-state index < -0.39 is 48.9 Å². The van der Waals surface area contributed by atoms with Crippen LogP contribution in [0.25, 0.3) is 0 Å². The molecule has 0 amide bonds. The Morgan fingerprint density at radius 1 is 0.931 bits per heavy atom. The second kappa shape index (κ2) is 14.3. The first kappa shape index (κ1) is 28.3. The van der Waals surface area contributed by atoms with Gasteiger partial charge >= 0.3 is 11.9 Å². The molecule has 0 radical (unpaired) electrons. The molecule has 0 aliphatic carbocycles. The molecule has 2 rings (SSSR count).